The molecule has 0 fully saturated rings. The number of carbonyl (C=O) groups excluding carboxylic acids is 4. The van der Waals surface area contributed by atoms with Gasteiger partial charge in [0, 0.05) is 24.7 Å². The molecule has 0 N–H and O–H groups in total. The van der Waals surface area contributed by atoms with Crippen LogP contribution in [0.15, 0.2) is 24.3 Å². The predicted molar refractivity (Wildman–Crippen MR) is 185 cm³/mol. The second-order valence-electron chi connectivity index (χ2n) is 12.4. The van der Waals surface area contributed by atoms with Crippen LogP contribution < -0.4 is 9.97 Å². The number of aldehydes is 2. The largest absolute Gasteiger partial charge is 2.00 e. The van der Waals surface area contributed by atoms with Gasteiger partial charge in [-0.3, -0.25) is 9.59 Å². The maximum absolute atomic E-state index is 12.2. The van der Waals surface area contributed by atoms with Gasteiger partial charge in [0.25, 0.3) is 0 Å². The summed E-state index contributed by atoms with van der Waals surface area (Å²) < 4.78 is 9.87. The number of nitrogens with zero attached hydrogens (tertiary/aromatic N) is 4. The molecule has 3 aromatic rings. The minimum Gasteiger partial charge on any atom is -0.657 e. The number of allylic oxidation sites excluding steroid dienone is 4. The first-order valence-corrected chi connectivity index (χ1v) is 16.0. The van der Waals surface area contributed by atoms with E-state index in [1.807, 2.05) is 65.8 Å². The van der Waals surface area contributed by atoms with Gasteiger partial charge in [0.05, 0.1) is 37.0 Å². The molecule has 49 heavy (non-hydrogen) atoms. The van der Waals surface area contributed by atoms with Crippen molar-refractivity contribution in [1.29, 1.82) is 0 Å². The quantitative estimate of drug-likeness (QED) is 0.135. The van der Waals surface area contributed by atoms with Gasteiger partial charge in [0.2, 0.25) is 0 Å². The summed E-state index contributed by atoms with van der Waals surface area (Å²) in [4.78, 5) is 68.7. The van der Waals surface area contributed by atoms with Crippen LogP contribution in [0.25, 0.3) is 44.4 Å². The Kier molecular flexibility index (Phi) is 11.7. The summed E-state index contributed by atoms with van der Waals surface area (Å²) in [7, 11) is 2.73. The minimum absolute atomic E-state index is 0. The predicted octanol–water partition coefficient (Wildman–Crippen LogP) is 6.24. The van der Waals surface area contributed by atoms with Crippen LogP contribution in [-0.2, 0) is 54.6 Å². The van der Waals surface area contributed by atoms with Gasteiger partial charge in [-0.15, -0.1) is 22.1 Å². The number of ether oxygens (including phenoxy) is 2. The van der Waals surface area contributed by atoms with Crippen molar-refractivity contribution in [2.24, 2.45) is 5.92 Å². The summed E-state index contributed by atoms with van der Waals surface area (Å²) >= 11 is 0. The van der Waals surface area contributed by atoms with E-state index in [0.717, 1.165) is 57.1 Å². The van der Waals surface area contributed by atoms with Crippen LogP contribution in [-0.4, -0.2) is 48.7 Å². The van der Waals surface area contributed by atoms with Gasteiger partial charge in [0.1, 0.15) is 12.6 Å². The fourth-order valence-corrected chi connectivity index (χ4v) is 6.58. The van der Waals surface area contributed by atoms with E-state index >= 15 is 0 Å². The van der Waals surface area contributed by atoms with Crippen LogP contribution in [0.3, 0.4) is 0 Å². The second-order valence-corrected chi connectivity index (χ2v) is 12.4. The molecule has 2 aliphatic heterocycles. The number of hydrogen-bond acceptors (Lipinski definition) is 8. The average molecular weight is 714 g/mol. The fourth-order valence-electron chi connectivity index (χ4n) is 6.58. The van der Waals surface area contributed by atoms with Crippen LogP contribution in [0.5, 0.6) is 0 Å². The van der Waals surface area contributed by atoms with Crippen LogP contribution in [0.2, 0.25) is 0 Å². The summed E-state index contributed by atoms with van der Waals surface area (Å²) in [5.74, 6) is -1.53. The number of fused-ring (bicyclic) bond motifs is 8. The molecule has 2 aliphatic rings. The number of carbonyl (C=O) groups is 4. The molecule has 5 heterocycles. The third-order valence-electron chi connectivity index (χ3n) is 9.41. The Bertz CT molecular complexity index is 2070. The summed E-state index contributed by atoms with van der Waals surface area (Å²) in [5, 5.41) is 0. The SMILES string of the molecule is COC(=O)CCC1=C(C)c2cc3[n-]c(cc4nc(cc5[n-]c(cc1n2)c(CCC(=O)OC)c5C)C(C(C)C=O)=C4C)c(C(C)C=O)c3C.[Zn+2]. The zero-order valence-corrected chi connectivity index (χ0v) is 32.4. The van der Waals surface area contributed by atoms with E-state index < -0.39 is 11.8 Å². The molecule has 0 aromatic carbocycles. The molecule has 8 bridgehead atoms. The Labute approximate surface area is 298 Å². The molecule has 5 rings (SSSR count). The van der Waals surface area contributed by atoms with E-state index in [2.05, 4.69) is 0 Å². The molecular formula is C38H40N4O6Zn. The van der Waals surface area contributed by atoms with E-state index in [1.165, 1.54) is 14.2 Å². The van der Waals surface area contributed by atoms with Gasteiger partial charge in [-0.05, 0) is 62.8 Å². The van der Waals surface area contributed by atoms with Crippen molar-refractivity contribution in [3.63, 3.8) is 0 Å². The average Bonchev–Trinajstić information content (AvgIpc) is 3.74. The number of rotatable bonds is 10. The number of esters is 2. The van der Waals surface area contributed by atoms with Crippen LogP contribution >= 0.6 is 0 Å². The van der Waals surface area contributed by atoms with Gasteiger partial charge < -0.3 is 29.0 Å². The molecule has 11 heteroatoms. The smallest absolute Gasteiger partial charge is 0.657 e. The number of aromatic nitrogens is 4. The van der Waals surface area contributed by atoms with E-state index in [9.17, 15) is 19.2 Å². The first-order chi connectivity index (χ1) is 22.9. The molecule has 0 amide bonds. The molecule has 0 spiro atoms. The monoisotopic (exact) mass is 712 g/mol. The van der Waals surface area contributed by atoms with Gasteiger partial charge >= 0.3 is 31.4 Å². The number of methoxy groups -OCH3 is 2. The fraction of sp³-hybridized carbons (Fsp3) is 0.368. The molecule has 0 aliphatic carbocycles. The van der Waals surface area contributed by atoms with E-state index in [-0.39, 0.29) is 44.3 Å². The van der Waals surface area contributed by atoms with E-state index in [1.54, 1.807) is 0 Å². The minimum atomic E-state index is -0.438. The molecule has 0 saturated heterocycles. The second kappa shape index (κ2) is 15.4. The molecule has 10 nitrogen and oxygen atoms in total. The van der Waals surface area contributed by atoms with E-state index in [4.69, 9.17) is 29.4 Å². The van der Waals surface area contributed by atoms with Crippen LogP contribution in [0, 0.1) is 19.8 Å². The molecule has 0 radical (unpaired) electrons. The molecule has 250 valence electrons. The third-order valence-corrected chi connectivity index (χ3v) is 9.41. The van der Waals surface area contributed by atoms with Gasteiger partial charge in [0.15, 0.2) is 0 Å². The van der Waals surface area contributed by atoms with Crippen molar-refractivity contribution in [3.05, 3.63) is 69.3 Å². The first kappa shape index (κ1) is 37.3. The number of aryl methyl sites for hydroxylation is 3. The van der Waals surface area contributed by atoms with Crippen molar-refractivity contribution in [3.8, 4) is 0 Å². The zero-order valence-electron chi connectivity index (χ0n) is 29.4. The summed E-state index contributed by atoms with van der Waals surface area (Å²) in [6.45, 7) is 11.5. The van der Waals surface area contributed by atoms with Crippen LogP contribution in [0.4, 0.5) is 0 Å². The van der Waals surface area contributed by atoms with Crippen molar-refractivity contribution in [2.45, 2.75) is 73.1 Å². The molecule has 3 aromatic heterocycles. The van der Waals surface area contributed by atoms with Gasteiger partial charge in [-0.2, -0.15) is 0 Å². The Morgan fingerprint density at radius 1 is 0.694 bits per heavy atom. The standard InChI is InChI=1S/C38H40N4O6.Zn/c1-19(17-43)37-23(5)29-13-27-21(3)25(9-11-35(45)47-7)31(39-27)16-32-26(10-12-36(46)48-8)22(4)28(40-32)14-33-38(20(2)18-44)24(6)30(42-33)15-34(37)41-29;/h13-20H,9-12H2,1-8H3;/q-2;+2. The maximum Gasteiger partial charge on any atom is 2.00 e. The normalized spacial score (nSPS) is 13.9. The molecule has 2 unspecified atom stereocenters. The van der Waals surface area contributed by atoms with Crippen molar-refractivity contribution in [1.82, 2.24) is 19.9 Å². The Morgan fingerprint density at radius 3 is 1.84 bits per heavy atom. The van der Waals surface area contributed by atoms with Crippen LogP contribution in [0.1, 0.15) is 97.9 Å². The first-order valence-electron chi connectivity index (χ1n) is 16.0. The maximum atomic E-state index is 12.2. The van der Waals surface area contributed by atoms with Crippen molar-refractivity contribution < 1.29 is 48.1 Å². The molecular weight excluding hydrogens is 674 g/mol. The summed E-state index contributed by atoms with van der Waals surface area (Å²) in [6, 6.07) is 7.56. The van der Waals surface area contributed by atoms with Crippen molar-refractivity contribution in [2.75, 3.05) is 14.2 Å². The summed E-state index contributed by atoms with van der Waals surface area (Å²) in [5.41, 5.74) is 12.0. The molecule has 0 saturated carbocycles. The van der Waals surface area contributed by atoms with E-state index in [0.29, 0.717) is 57.7 Å². The van der Waals surface area contributed by atoms with Gasteiger partial charge in [-0.1, -0.05) is 60.4 Å². The number of hydrogen-bond donors (Lipinski definition) is 0. The Morgan fingerprint density at radius 2 is 1.20 bits per heavy atom. The Balaban J connectivity index is 0.00000541. The topological polar surface area (TPSA) is 141 Å². The summed E-state index contributed by atoms with van der Waals surface area (Å²) in [6.07, 6.45) is 2.92. The zero-order chi connectivity index (χ0) is 34.9. The van der Waals surface area contributed by atoms with Crippen molar-refractivity contribution >= 4 is 68.9 Å². The molecule has 2 atom stereocenters. The Hall–Kier alpha value is -4.50. The van der Waals surface area contributed by atoms with Gasteiger partial charge in [-0.25, -0.2) is 9.97 Å². The third kappa shape index (κ3) is 7.27.